The van der Waals surface area contributed by atoms with Crippen LogP contribution in [0.5, 0.6) is 0 Å². The Morgan fingerprint density at radius 3 is 2.95 bits per heavy atom. The molecule has 4 nitrogen and oxygen atoms in total. The molecule has 100 valence electrons. The van der Waals surface area contributed by atoms with E-state index in [-0.39, 0.29) is 5.56 Å². The normalized spacial score (nSPS) is 10.4. The molecule has 0 aliphatic rings. The largest absolute Gasteiger partial charge is 0.463 e. The van der Waals surface area contributed by atoms with Crippen LogP contribution in [0.3, 0.4) is 0 Å². The molecule has 6 heteroatoms. The van der Waals surface area contributed by atoms with Crippen LogP contribution < -0.4 is 5.32 Å². The summed E-state index contributed by atoms with van der Waals surface area (Å²) in [5.74, 6) is -0.217. The quantitative estimate of drug-likeness (QED) is 0.797. The molecule has 2 heterocycles. The van der Waals surface area contributed by atoms with Crippen molar-refractivity contribution in [2.75, 3.05) is 5.32 Å². The fourth-order valence-electron chi connectivity index (χ4n) is 1.67. The number of halogens is 1. The maximum atomic E-state index is 13.1. The highest BCUT2D eigenvalue weighted by Crippen LogP contribution is 2.25. The minimum Gasteiger partial charge on any atom is -0.463 e. The van der Waals surface area contributed by atoms with Crippen molar-refractivity contribution in [3.8, 4) is 11.5 Å². The molecule has 3 aromatic rings. The van der Waals surface area contributed by atoms with E-state index in [0.29, 0.717) is 16.6 Å². The second kappa shape index (κ2) is 5.26. The number of hydrogen-bond donors (Lipinski definition) is 1. The van der Waals surface area contributed by atoms with Crippen molar-refractivity contribution in [2.45, 2.75) is 0 Å². The average molecular weight is 288 g/mol. The molecule has 1 amide bonds. The van der Waals surface area contributed by atoms with Gasteiger partial charge in [-0.3, -0.25) is 10.1 Å². The molecule has 0 spiro atoms. The van der Waals surface area contributed by atoms with Crippen molar-refractivity contribution in [1.82, 2.24) is 4.98 Å². The maximum Gasteiger partial charge on any atom is 0.257 e. The van der Waals surface area contributed by atoms with Crippen molar-refractivity contribution in [2.24, 2.45) is 0 Å². The molecule has 20 heavy (non-hydrogen) atoms. The molecule has 1 N–H and O–H groups in total. The Morgan fingerprint density at radius 2 is 2.20 bits per heavy atom. The monoisotopic (exact) mass is 288 g/mol. The first-order valence-corrected chi connectivity index (χ1v) is 6.67. The summed E-state index contributed by atoms with van der Waals surface area (Å²) in [4.78, 5) is 16.2. The Kier molecular flexibility index (Phi) is 3.30. The lowest BCUT2D eigenvalue weighted by molar-refractivity contribution is 0.102. The second-order valence-electron chi connectivity index (χ2n) is 3.98. The molecule has 0 saturated heterocycles. The van der Waals surface area contributed by atoms with Crippen LogP contribution in [0.15, 0.2) is 52.5 Å². The van der Waals surface area contributed by atoms with E-state index in [0.717, 1.165) is 0 Å². The SMILES string of the molecule is O=C(Nc1nc(-c2ccco2)cs1)c1cccc(F)c1. The van der Waals surface area contributed by atoms with E-state index in [1.807, 2.05) is 0 Å². The Balaban J connectivity index is 1.77. The van der Waals surface area contributed by atoms with Gasteiger partial charge in [0, 0.05) is 10.9 Å². The van der Waals surface area contributed by atoms with Gasteiger partial charge in [0.1, 0.15) is 11.5 Å². The molecular formula is C14H9FN2O2S. The second-order valence-corrected chi connectivity index (χ2v) is 4.84. The van der Waals surface area contributed by atoms with Gasteiger partial charge in [0.25, 0.3) is 5.91 Å². The van der Waals surface area contributed by atoms with Gasteiger partial charge in [-0.05, 0) is 30.3 Å². The number of amides is 1. The van der Waals surface area contributed by atoms with Gasteiger partial charge in [-0.1, -0.05) is 6.07 Å². The van der Waals surface area contributed by atoms with Crippen LogP contribution in [-0.2, 0) is 0 Å². The summed E-state index contributed by atoms with van der Waals surface area (Å²) in [7, 11) is 0. The van der Waals surface area contributed by atoms with E-state index >= 15 is 0 Å². The number of carbonyl (C=O) groups is 1. The minimum atomic E-state index is -0.451. The van der Waals surface area contributed by atoms with Crippen LogP contribution in [0.2, 0.25) is 0 Å². The molecule has 3 rings (SSSR count). The number of hydrogen-bond acceptors (Lipinski definition) is 4. The summed E-state index contributed by atoms with van der Waals surface area (Å²) in [6.45, 7) is 0. The predicted molar refractivity (Wildman–Crippen MR) is 74.2 cm³/mol. The van der Waals surface area contributed by atoms with Crippen molar-refractivity contribution in [3.63, 3.8) is 0 Å². The highest BCUT2D eigenvalue weighted by Gasteiger charge is 2.11. The third-order valence-electron chi connectivity index (χ3n) is 2.59. The van der Waals surface area contributed by atoms with Crippen LogP contribution in [0, 0.1) is 5.82 Å². The van der Waals surface area contributed by atoms with Gasteiger partial charge in [-0.2, -0.15) is 0 Å². The number of nitrogens with zero attached hydrogens (tertiary/aromatic N) is 1. The van der Waals surface area contributed by atoms with Crippen LogP contribution in [0.4, 0.5) is 9.52 Å². The maximum absolute atomic E-state index is 13.1. The van der Waals surface area contributed by atoms with Crippen LogP contribution in [0.1, 0.15) is 10.4 Å². The van der Waals surface area contributed by atoms with E-state index in [4.69, 9.17) is 4.42 Å². The van der Waals surface area contributed by atoms with E-state index in [1.54, 1.807) is 29.8 Å². The molecule has 2 aromatic heterocycles. The number of furan rings is 1. The highest BCUT2D eigenvalue weighted by atomic mass is 32.1. The van der Waals surface area contributed by atoms with Gasteiger partial charge in [0.05, 0.1) is 6.26 Å². The standard InChI is InChI=1S/C14H9FN2O2S/c15-10-4-1-3-9(7-10)13(18)17-14-16-11(8-20-14)12-5-2-6-19-12/h1-8H,(H,16,17,18). The average Bonchev–Trinajstić information content (AvgIpc) is 3.08. The van der Waals surface area contributed by atoms with Crippen molar-refractivity contribution < 1.29 is 13.6 Å². The van der Waals surface area contributed by atoms with Gasteiger partial charge in [0.2, 0.25) is 0 Å². The number of thiazole rings is 1. The van der Waals surface area contributed by atoms with Crippen molar-refractivity contribution in [3.05, 3.63) is 59.4 Å². The van der Waals surface area contributed by atoms with Gasteiger partial charge in [-0.15, -0.1) is 11.3 Å². The van der Waals surface area contributed by atoms with Crippen LogP contribution >= 0.6 is 11.3 Å². The molecule has 0 aliphatic heterocycles. The molecule has 0 fully saturated rings. The summed E-state index contributed by atoms with van der Waals surface area (Å²) in [6.07, 6.45) is 1.56. The molecule has 0 bridgehead atoms. The lowest BCUT2D eigenvalue weighted by atomic mass is 10.2. The minimum absolute atomic E-state index is 0.250. The lowest BCUT2D eigenvalue weighted by Crippen LogP contribution is -2.11. The number of benzene rings is 1. The smallest absolute Gasteiger partial charge is 0.257 e. The van der Waals surface area contributed by atoms with E-state index < -0.39 is 11.7 Å². The number of carbonyl (C=O) groups excluding carboxylic acids is 1. The molecule has 0 saturated carbocycles. The van der Waals surface area contributed by atoms with Gasteiger partial charge < -0.3 is 4.42 Å². The van der Waals surface area contributed by atoms with Crippen LogP contribution in [0.25, 0.3) is 11.5 Å². The summed E-state index contributed by atoms with van der Waals surface area (Å²) in [5.41, 5.74) is 0.897. The van der Waals surface area contributed by atoms with Crippen LogP contribution in [-0.4, -0.2) is 10.9 Å². The first-order valence-electron chi connectivity index (χ1n) is 5.79. The first kappa shape index (κ1) is 12.6. The van der Waals surface area contributed by atoms with Gasteiger partial charge >= 0.3 is 0 Å². The summed E-state index contributed by atoms with van der Waals surface area (Å²) >= 11 is 1.28. The summed E-state index contributed by atoms with van der Waals surface area (Å²) < 4.78 is 18.3. The number of aromatic nitrogens is 1. The topological polar surface area (TPSA) is 55.1 Å². The number of anilines is 1. The third kappa shape index (κ3) is 2.60. The molecule has 0 aliphatic carbocycles. The zero-order valence-corrected chi connectivity index (χ0v) is 11.0. The van der Waals surface area contributed by atoms with Crippen molar-refractivity contribution >= 4 is 22.4 Å². The number of rotatable bonds is 3. The zero-order valence-electron chi connectivity index (χ0n) is 10.2. The van der Waals surface area contributed by atoms with Crippen molar-refractivity contribution in [1.29, 1.82) is 0 Å². The van der Waals surface area contributed by atoms with Gasteiger partial charge in [0.15, 0.2) is 10.9 Å². The highest BCUT2D eigenvalue weighted by molar-refractivity contribution is 7.14. The first-order chi connectivity index (χ1) is 9.72. The van der Waals surface area contributed by atoms with E-state index in [9.17, 15) is 9.18 Å². The third-order valence-corrected chi connectivity index (χ3v) is 3.34. The molecular weight excluding hydrogens is 279 g/mol. The molecule has 0 radical (unpaired) electrons. The molecule has 0 atom stereocenters. The Bertz CT molecular complexity index is 737. The molecule has 0 unspecified atom stereocenters. The van der Waals surface area contributed by atoms with E-state index in [1.165, 1.54) is 29.5 Å². The fourth-order valence-corrected chi connectivity index (χ4v) is 2.36. The summed E-state index contributed by atoms with van der Waals surface area (Å²) in [6, 6.07) is 9.04. The Morgan fingerprint density at radius 1 is 1.30 bits per heavy atom. The zero-order chi connectivity index (χ0) is 13.9. The lowest BCUT2D eigenvalue weighted by Gasteiger charge is -2.01. The fraction of sp³-hybridized carbons (Fsp3) is 0. The predicted octanol–water partition coefficient (Wildman–Crippen LogP) is 3.79. The molecule has 1 aromatic carbocycles. The van der Waals surface area contributed by atoms with Gasteiger partial charge in [-0.25, -0.2) is 9.37 Å². The Hall–Kier alpha value is -2.47. The number of nitrogens with one attached hydrogen (secondary N) is 1. The van der Waals surface area contributed by atoms with E-state index in [2.05, 4.69) is 10.3 Å². The Labute approximate surface area is 117 Å². The summed E-state index contributed by atoms with van der Waals surface area (Å²) in [5, 5.41) is 4.84.